The van der Waals surface area contributed by atoms with E-state index >= 15 is 0 Å². The Bertz CT molecular complexity index is 473. The summed E-state index contributed by atoms with van der Waals surface area (Å²) in [4.78, 5) is 48.4. The van der Waals surface area contributed by atoms with Gasteiger partial charge >= 0.3 is 23.9 Å². The highest BCUT2D eigenvalue weighted by Crippen LogP contribution is 2.27. The van der Waals surface area contributed by atoms with Gasteiger partial charge in [0.1, 0.15) is 0 Å². The Balaban J connectivity index is 5.59. The monoisotopic (exact) mass is 376 g/mol. The molecule has 0 aliphatic rings. The fraction of sp³-hybridized carbons (Fsp3) is 0.765. The lowest BCUT2D eigenvalue weighted by Gasteiger charge is -2.29. The largest absolute Gasteiger partial charge is 0.468 e. The lowest BCUT2D eigenvalue weighted by molar-refractivity contribution is -0.192. The van der Waals surface area contributed by atoms with E-state index in [2.05, 4.69) is 9.47 Å². The van der Waals surface area contributed by atoms with Crippen LogP contribution in [0.15, 0.2) is 0 Å². The second-order valence-electron chi connectivity index (χ2n) is 5.64. The molecule has 0 aliphatic carbocycles. The molecule has 1 atom stereocenters. The van der Waals surface area contributed by atoms with Crippen LogP contribution >= 0.6 is 0 Å². The van der Waals surface area contributed by atoms with Crippen molar-refractivity contribution >= 4 is 23.9 Å². The second-order valence-corrected chi connectivity index (χ2v) is 5.64. The number of methoxy groups -OCH3 is 2. The smallest absolute Gasteiger partial charge is 0.340 e. The first-order valence-corrected chi connectivity index (χ1v) is 8.49. The lowest BCUT2D eigenvalue weighted by Crippen LogP contribution is -2.55. The minimum Gasteiger partial charge on any atom is -0.468 e. The minimum absolute atomic E-state index is 0.0441. The predicted molar refractivity (Wildman–Crippen MR) is 88.8 cm³/mol. The molecule has 0 radical (unpaired) electrons. The topological polar surface area (TPSA) is 125 Å². The summed E-state index contributed by atoms with van der Waals surface area (Å²) < 4.78 is 18.8. The van der Waals surface area contributed by atoms with E-state index in [-0.39, 0.29) is 13.2 Å². The Labute approximate surface area is 152 Å². The summed E-state index contributed by atoms with van der Waals surface area (Å²) in [6, 6.07) is 0. The second kappa shape index (κ2) is 12.2. The van der Waals surface area contributed by atoms with Gasteiger partial charge in [-0.05, 0) is 12.8 Å². The summed E-state index contributed by atoms with van der Waals surface area (Å²) in [6.45, 7) is 3.78. The van der Waals surface area contributed by atoms with Crippen molar-refractivity contribution in [2.75, 3.05) is 27.4 Å². The number of aliphatic hydroxyl groups is 1. The van der Waals surface area contributed by atoms with E-state index in [1.165, 1.54) is 0 Å². The summed E-state index contributed by atoms with van der Waals surface area (Å²) in [5, 5.41) is 10.8. The van der Waals surface area contributed by atoms with E-state index in [0.29, 0.717) is 19.3 Å². The fourth-order valence-electron chi connectivity index (χ4n) is 2.05. The SMILES string of the molecule is CCCCOC(=O)CC(O)(C(=O)OCCCC)C(C(=O)OC)C(=O)OC. The molecular formula is C17H28O9. The third kappa shape index (κ3) is 6.99. The van der Waals surface area contributed by atoms with Crippen LogP contribution in [0.1, 0.15) is 46.0 Å². The van der Waals surface area contributed by atoms with Crippen LogP contribution in [-0.4, -0.2) is 62.0 Å². The van der Waals surface area contributed by atoms with Gasteiger partial charge in [-0.1, -0.05) is 26.7 Å². The first kappa shape index (κ1) is 23.8. The molecule has 150 valence electrons. The highest BCUT2D eigenvalue weighted by atomic mass is 16.6. The van der Waals surface area contributed by atoms with E-state index in [4.69, 9.17) is 9.47 Å². The fourth-order valence-corrected chi connectivity index (χ4v) is 2.05. The van der Waals surface area contributed by atoms with E-state index < -0.39 is 41.8 Å². The molecular weight excluding hydrogens is 348 g/mol. The molecule has 0 saturated heterocycles. The Morgan fingerprint density at radius 3 is 1.77 bits per heavy atom. The van der Waals surface area contributed by atoms with Crippen molar-refractivity contribution < 1.29 is 43.2 Å². The van der Waals surface area contributed by atoms with Crippen molar-refractivity contribution in [3.8, 4) is 0 Å². The Morgan fingerprint density at radius 1 is 0.885 bits per heavy atom. The summed E-state index contributed by atoms with van der Waals surface area (Å²) in [7, 11) is 1.95. The van der Waals surface area contributed by atoms with Crippen molar-refractivity contribution in [1.82, 2.24) is 0 Å². The molecule has 0 aromatic carbocycles. The van der Waals surface area contributed by atoms with E-state index in [1.54, 1.807) is 0 Å². The normalized spacial score (nSPS) is 12.8. The number of hydrogen-bond donors (Lipinski definition) is 1. The number of carbonyl (C=O) groups excluding carboxylic acids is 4. The van der Waals surface area contributed by atoms with E-state index in [9.17, 15) is 24.3 Å². The minimum atomic E-state index is -2.79. The van der Waals surface area contributed by atoms with Crippen LogP contribution in [0.5, 0.6) is 0 Å². The summed E-state index contributed by atoms with van der Waals surface area (Å²) in [5.74, 6) is -6.78. The average molecular weight is 376 g/mol. The zero-order valence-electron chi connectivity index (χ0n) is 15.7. The number of rotatable bonds is 12. The van der Waals surface area contributed by atoms with Gasteiger partial charge in [0, 0.05) is 0 Å². The van der Waals surface area contributed by atoms with Gasteiger partial charge in [0.2, 0.25) is 0 Å². The average Bonchev–Trinajstić information content (AvgIpc) is 2.61. The summed E-state index contributed by atoms with van der Waals surface area (Å²) in [5.41, 5.74) is -2.79. The van der Waals surface area contributed by atoms with E-state index in [0.717, 1.165) is 20.6 Å². The molecule has 0 spiro atoms. The summed E-state index contributed by atoms with van der Waals surface area (Å²) >= 11 is 0. The molecule has 0 aromatic heterocycles. The molecule has 0 bridgehead atoms. The van der Waals surface area contributed by atoms with Crippen molar-refractivity contribution in [3.05, 3.63) is 0 Å². The number of hydrogen-bond acceptors (Lipinski definition) is 9. The first-order chi connectivity index (χ1) is 12.3. The molecule has 0 aliphatic heterocycles. The maximum Gasteiger partial charge on any atom is 0.340 e. The van der Waals surface area contributed by atoms with Gasteiger partial charge < -0.3 is 24.1 Å². The van der Waals surface area contributed by atoms with Crippen LogP contribution in [0.4, 0.5) is 0 Å². The molecule has 0 rings (SSSR count). The van der Waals surface area contributed by atoms with Gasteiger partial charge in [-0.3, -0.25) is 14.4 Å². The van der Waals surface area contributed by atoms with Crippen LogP contribution in [0.3, 0.4) is 0 Å². The van der Waals surface area contributed by atoms with Crippen molar-refractivity contribution in [1.29, 1.82) is 0 Å². The maximum atomic E-state index is 12.4. The molecule has 0 fully saturated rings. The molecule has 0 aromatic rings. The van der Waals surface area contributed by atoms with Gasteiger partial charge in [0.05, 0.1) is 33.9 Å². The Kier molecular flexibility index (Phi) is 11.2. The van der Waals surface area contributed by atoms with Crippen molar-refractivity contribution in [3.63, 3.8) is 0 Å². The number of carbonyl (C=O) groups is 4. The highest BCUT2D eigenvalue weighted by Gasteiger charge is 2.56. The van der Waals surface area contributed by atoms with Crippen LogP contribution in [-0.2, 0) is 38.1 Å². The molecule has 26 heavy (non-hydrogen) atoms. The van der Waals surface area contributed by atoms with Gasteiger partial charge in [-0.25, -0.2) is 4.79 Å². The predicted octanol–water partition coefficient (Wildman–Crippen LogP) is 0.756. The first-order valence-electron chi connectivity index (χ1n) is 8.49. The maximum absolute atomic E-state index is 12.4. The molecule has 9 nitrogen and oxygen atoms in total. The standard InChI is InChI=1S/C17H28O9/c1-5-7-9-25-12(18)11-17(22,16(21)26-10-8-6-2)13(14(19)23-3)15(20)24-4/h13,22H,5-11H2,1-4H3. The van der Waals surface area contributed by atoms with Crippen LogP contribution in [0, 0.1) is 5.92 Å². The zero-order chi connectivity index (χ0) is 20.2. The van der Waals surface area contributed by atoms with Crippen molar-refractivity contribution in [2.24, 2.45) is 5.92 Å². The van der Waals surface area contributed by atoms with Gasteiger partial charge in [-0.15, -0.1) is 0 Å². The molecule has 0 saturated carbocycles. The number of esters is 4. The van der Waals surface area contributed by atoms with Gasteiger partial charge in [-0.2, -0.15) is 0 Å². The third-order valence-electron chi connectivity index (χ3n) is 3.61. The van der Waals surface area contributed by atoms with Crippen LogP contribution < -0.4 is 0 Å². The van der Waals surface area contributed by atoms with Crippen LogP contribution in [0.2, 0.25) is 0 Å². The van der Waals surface area contributed by atoms with Gasteiger partial charge in [0.15, 0.2) is 11.5 Å². The highest BCUT2D eigenvalue weighted by molar-refractivity contribution is 6.03. The summed E-state index contributed by atoms with van der Waals surface area (Å²) in [6.07, 6.45) is 1.62. The Morgan fingerprint density at radius 2 is 1.35 bits per heavy atom. The lowest BCUT2D eigenvalue weighted by atomic mass is 9.84. The molecule has 1 unspecified atom stereocenters. The molecule has 0 heterocycles. The number of unbranched alkanes of at least 4 members (excludes halogenated alkanes) is 2. The third-order valence-corrected chi connectivity index (χ3v) is 3.61. The number of ether oxygens (including phenoxy) is 4. The molecule has 9 heteroatoms. The quantitative estimate of drug-likeness (QED) is 0.227. The van der Waals surface area contributed by atoms with E-state index in [1.807, 2.05) is 13.8 Å². The zero-order valence-corrected chi connectivity index (χ0v) is 15.7. The molecule has 0 amide bonds. The van der Waals surface area contributed by atoms with Crippen LogP contribution in [0.25, 0.3) is 0 Å². The molecule has 1 N–H and O–H groups in total. The Hall–Kier alpha value is -2.16. The van der Waals surface area contributed by atoms with Gasteiger partial charge in [0.25, 0.3) is 0 Å². The van der Waals surface area contributed by atoms with Crippen molar-refractivity contribution in [2.45, 2.75) is 51.6 Å².